The Kier molecular flexibility index (Phi) is 6.39. The molecule has 0 radical (unpaired) electrons. The number of carbonyl (C=O) groups excluding carboxylic acids is 1. The summed E-state index contributed by atoms with van der Waals surface area (Å²) in [6.45, 7) is 1.55. The summed E-state index contributed by atoms with van der Waals surface area (Å²) < 4.78 is 17.6. The number of nitro benzene ring substituents is 1. The third kappa shape index (κ3) is 4.48. The summed E-state index contributed by atoms with van der Waals surface area (Å²) in [5.74, 6) is -2.85. The highest BCUT2D eigenvalue weighted by Gasteiger charge is 2.18. The molecule has 0 aliphatic heterocycles. The van der Waals surface area contributed by atoms with E-state index in [4.69, 9.17) is 11.6 Å². The molecule has 0 aliphatic rings. The number of rotatable bonds is 6. The van der Waals surface area contributed by atoms with E-state index in [0.717, 1.165) is 12.1 Å². The molecule has 0 atom stereocenters. The molecule has 0 unspecified atom stereocenters. The van der Waals surface area contributed by atoms with Gasteiger partial charge in [0.05, 0.1) is 23.5 Å². The van der Waals surface area contributed by atoms with Crippen LogP contribution in [0.4, 0.5) is 15.8 Å². The van der Waals surface area contributed by atoms with Crippen LogP contribution in [-0.4, -0.2) is 28.5 Å². The van der Waals surface area contributed by atoms with Crippen LogP contribution in [0.2, 0.25) is 0 Å². The fourth-order valence-corrected chi connectivity index (χ4v) is 1.44. The van der Waals surface area contributed by atoms with Crippen molar-refractivity contribution in [3.63, 3.8) is 0 Å². The Balaban J connectivity index is 3.22. The van der Waals surface area contributed by atoms with Gasteiger partial charge in [-0.05, 0) is 19.1 Å². The van der Waals surface area contributed by atoms with Crippen molar-refractivity contribution in [2.45, 2.75) is 6.92 Å². The van der Waals surface area contributed by atoms with Crippen molar-refractivity contribution < 1.29 is 24.0 Å². The van der Waals surface area contributed by atoms with Gasteiger partial charge in [-0.2, -0.15) is 0 Å². The van der Waals surface area contributed by atoms with Gasteiger partial charge >= 0.3 is 5.97 Å². The van der Waals surface area contributed by atoms with Crippen LogP contribution in [0.15, 0.2) is 39.9 Å². The van der Waals surface area contributed by atoms with E-state index in [-0.39, 0.29) is 12.3 Å². The van der Waals surface area contributed by atoms with Gasteiger partial charge in [-0.15, -0.1) is 21.8 Å². The molecule has 1 aromatic carbocycles. The van der Waals surface area contributed by atoms with Crippen molar-refractivity contribution in [3.8, 4) is 0 Å². The van der Waals surface area contributed by atoms with Crippen LogP contribution in [0.1, 0.15) is 6.92 Å². The molecule has 1 N–H and O–H groups in total. The largest absolute Gasteiger partial charge is 0.508 e. The minimum atomic E-state index is -0.992. The van der Waals surface area contributed by atoms with Gasteiger partial charge in [-0.25, -0.2) is 9.18 Å². The summed E-state index contributed by atoms with van der Waals surface area (Å²) in [5.41, 5.74) is -1.52. The van der Waals surface area contributed by atoms with Gasteiger partial charge in [0.25, 0.3) is 5.69 Å². The molecule has 1 rings (SSSR count). The summed E-state index contributed by atoms with van der Waals surface area (Å²) in [5, 5.41) is 27.2. The Bertz CT molecular complexity index is 648. The molecule has 118 valence electrons. The molecule has 0 amide bonds. The van der Waals surface area contributed by atoms with E-state index in [1.54, 1.807) is 0 Å². The SMILES string of the molecule is CCOC(=O)C(N=Nc1ccc(F)cc1[N+](=O)[O-])=C(O)CCl. The molecular weight excluding hydrogens is 321 g/mol. The number of allylic oxidation sites excluding steroid dienone is 1. The Labute approximate surface area is 129 Å². The van der Waals surface area contributed by atoms with Gasteiger partial charge in [0.1, 0.15) is 11.6 Å². The Hall–Kier alpha value is -2.55. The van der Waals surface area contributed by atoms with Crippen molar-refractivity contribution in [2.24, 2.45) is 10.2 Å². The highest BCUT2D eigenvalue weighted by Crippen LogP contribution is 2.28. The number of ether oxygens (including phenoxy) is 1. The van der Waals surface area contributed by atoms with E-state index in [1.165, 1.54) is 6.92 Å². The molecular formula is C12H11ClFN3O5. The molecule has 0 aliphatic carbocycles. The molecule has 22 heavy (non-hydrogen) atoms. The second-order valence-corrected chi connectivity index (χ2v) is 4.01. The van der Waals surface area contributed by atoms with E-state index in [9.17, 15) is 24.4 Å². The van der Waals surface area contributed by atoms with Gasteiger partial charge in [-0.3, -0.25) is 10.1 Å². The van der Waals surface area contributed by atoms with E-state index in [2.05, 4.69) is 15.0 Å². The lowest BCUT2D eigenvalue weighted by atomic mass is 10.3. The van der Waals surface area contributed by atoms with Crippen molar-refractivity contribution in [1.82, 2.24) is 0 Å². The first kappa shape index (κ1) is 17.5. The maximum Gasteiger partial charge on any atom is 0.362 e. The Morgan fingerprint density at radius 1 is 1.55 bits per heavy atom. The van der Waals surface area contributed by atoms with Crippen LogP contribution in [0.3, 0.4) is 0 Å². The maximum atomic E-state index is 13.0. The number of halogens is 2. The second kappa shape index (κ2) is 8.03. The third-order valence-corrected chi connectivity index (χ3v) is 2.51. The quantitative estimate of drug-likeness (QED) is 0.163. The summed E-state index contributed by atoms with van der Waals surface area (Å²) in [4.78, 5) is 21.5. The number of azo groups is 1. The zero-order valence-corrected chi connectivity index (χ0v) is 12.1. The first-order valence-corrected chi connectivity index (χ1v) is 6.45. The van der Waals surface area contributed by atoms with Crippen molar-refractivity contribution in [3.05, 3.63) is 45.6 Å². The van der Waals surface area contributed by atoms with Crippen LogP contribution in [0.5, 0.6) is 0 Å². The first-order valence-electron chi connectivity index (χ1n) is 5.91. The van der Waals surface area contributed by atoms with Gasteiger partial charge in [0.15, 0.2) is 5.69 Å². The third-order valence-electron chi connectivity index (χ3n) is 2.26. The molecule has 0 fully saturated rings. The van der Waals surface area contributed by atoms with Crippen LogP contribution >= 0.6 is 11.6 Å². The molecule has 0 aromatic heterocycles. The zero-order chi connectivity index (χ0) is 16.7. The van der Waals surface area contributed by atoms with Gasteiger partial charge in [0, 0.05) is 0 Å². The number of hydrogen-bond acceptors (Lipinski definition) is 7. The molecule has 0 saturated heterocycles. The van der Waals surface area contributed by atoms with E-state index in [0.29, 0.717) is 6.07 Å². The topological polar surface area (TPSA) is 114 Å². The van der Waals surface area contributed by atoms with E-state index >= 15 is 0 Å². The number of benzene rings is 1. The van der Waals surface area contributed by atoms with E-state index < -0.39 is 39.7 Å². The van der Waals surface area contributed by atoms with Crippen LogP contribution < -0.4 is 0 Å². The summed E-state index contributed by atoms with van der Waals surface area (Å²) >= 11 is 5.40. The standard InChI is InChI=1S/C12H11ClFN3O5/c1-2-22-12(19)11(10(18)6-13)16-15-8-4-3-7(14)5-9(8)17(20)21/h3-5,18H,2,6H2,1H3. The molecule has 0 spiro atoms. The van der Waals surface area contributed by atoms with Crippen molar-refractivity contribution in [1.29, 1.82) is 0 Å². The summed E-state index contributed by atoms with van der Waals surface area (Å²) in [6, 6.07) is 2.61. The number of esters is 1. The number of nitrogens with zero attached hydrogens (tertiary/aromatic N) is 3. The van der Waals surface area contributed by atoms with Gasteiger partial charge in [-0.1, -0.05) is 0 Å². The van der Waals surface area contributed by atoms with Crippen LogP contribution in [0.25, 0.3) is 0 Å². The molecule has 1 aromatic rings. The Morgan fingerprint density at radius 2 is 2.23 bits per heavy atom. The minimum absolute atomic E-state index is 0.0180. The molecule has 8 nitrogen and oxygen atoms in total. The predicted molar refractivity (Wildman–Crippen MR) is 74.6 cm³/mol. The fourth-order valence-electron chi connectivity index (χ4n) is 1.31. The van der Waals surface area contributed by atoms with E-state index in [1.807, 2.05) is 0 Å². The Morgan fingerprint density at radius 3 is 2.77 bits per heavy atom. The summed E-state index contributed by atoms with van der Waals surface area (Å²) in [7, 11) is 0. The van der Waals surface area contributed by atoms with Crippen molar-refractivity contribution >= 4 is 28.9 Å². The fraction of sp³-hybridized carbons (Fsp3) is 0.250. The van der Waals surface area contributed by atoms with Crippen LogP contribution in [-0.2, 0) is 9.53 Å². The number of alkyl halides is 1. The van der Waals surface area contributed by atoms with Gasteiger partial charge in [0.2, 0.25) is 5.70 Å². The lowest BCUT2D eigenvalue weighted by molar-refractivity contribution is -0.384. The summed E-state index contributed by atoms with van der Waals surface area (Å²) in [6.07, 6.45) is 0. The average Bonchev–Trinajstić information content (AvgIpc) is 2.48. The minimum Gasteiger partial charge on any atom is -0.508 e. The number of aliphatic hydroxyl groups is 1. The lowest BCUT2D eigenvalue weighted by Crippen LogP contribution is -2.09. The highest BCUT2D eigenvalue weighted by molar-refractivity contribution is 6.19. The average molecular weight is 332 g/mol. The van der Waals surface area contributed by atoms with Crippen molar-refractivity contribution in [2.75, 3.05) is 12.5 Å². The highest BCUT2D eigenvalue weighted by atomic mass is 35.5. The molecule has 0 heterocycles. The molecule has 10 heteroatoms. The number of nitro groups is 1. The zero-order valence-electron chi connectivity index (χ0n) is 11.3. The smallest absolute Gasteiger partial charge is 0.362 e. The lowest BCUT2D eigenvalue weighted by Gasteiger charge is -2.03. The normalized spacial score (nSPS) is 12.1. The number of hydrogen-bond donors (Lipinski definition) is 1. The number of carbonyl (C=O) groups is 1. The van der Waals surface area contributed by atoms with Crippen LogP contribution in [0, 0.1) is 15.9 Å². The first-order chi connectivity index (χ1) is 10.4. The monoisotopic (exact) mass is 331 g/mol. The number of aliphatic hydroxyl groups excluding tert-OH is 1. The van der Waals surface area contributed by atoms with Gasteiger partial charge < -0.3 is 9.84 Å². The maximum absolute atomic E-state index is 13.0. The molecule has 0 bridgehead atoms. The second-order valence-electron chi connectivity index (χ2n) is 3.74. The predicted octanol–water partition coefficient (Wildman–Crippen LogP) is 3.39. The molecule has 0 saturated carbocycles.